The molecule has 2 aliphatic rings. The summed E-state index contributed by atoms with van der Waals surface area (Å²) in [7, 11) is 0. The summed E-state index contributed by atoms with van der Waals surface area (Å²) in [6.45, 7) is 13.8. The first kappa shape index (κ1) is 25.6. The monoisotopic (exact) mass is 421 g/mol. The van der Waals surface area contributed by atoms with E-state index < -0.39 is 0 Å². The molecular weight excluding hydrogens is 374 g/mol. The fourth-order valence-corrected chi connectivity index (χ4v) is 5.33. The molecule has 2 N–H and O–H groups in total. The summed E-state index contributed by atoms with van der Waals surface area (Å²) >= 11 is 0. The zero-order chi connectivity index (χ0) is 22.1. The fraction of sp³-hybridized carbons (Fsp3) is 0.846. The molecule has 1 fully saturated rings. The van der Waals surface area contributed by atoms with Crippen LogP contribution in [0.2, 0.25) is 0 Å². The van der Waals surface area contributed by atoms with Crippen LogP contribution in [0.5, 0.6) is 0 Å². The van der Waals surface area contributed by atoms with Crippen LogP contribution in [0.4, 0.5) is 0 Å². The van der Waals surface area contributed by atoms with Crippen molar-refractivity contribution in [3.05, 3.63) is 23.8 Å². The van der Waals surface area contributed by atoms with Crippen molar-refractivity contribution in [2.45, 2.75) is 104 Å². The Hall–Kier alpha value is -0.680. The number of allylic oxidation sites excluding steroid dienone is 1. The Bertz CT molecular complexity index is 534. The molecule has 174 valence electrons. The number of ether oxygens (including phenoxy) is 1. The van der Waals surface area contributed by atoms with Gasteiger partial charge in [0.15, 0.2) is 0 Å². The number of unbranched alkanes of at least 4 members (excludes halogenated alkanes) is 2. The van der Waals surface area contributed by atoms with Crippen LogP contribution in [-0.4, -0.2) is 59.2 Å². The van der Waals surface area contributed by atoms with Gasteiger partial charge in [-0.25, -0.2) is 0 Å². The molecule has 0 spiro atoms. The predicted octanol–water partition coefficient (Wildman–Crippen LogP) is 4.95. The molecular formula is C26H47NO3. The Kier molecular flexibility index (Phi) is 11.1. The van der Waals surface area contributed by atoms with Crippen molar-refractivity contribution in [1.82, 2.24) is 4.90 Å². The van der Waals surface area contributed by atoms with E-state index in [0.717, 1.165) is 51.9 Å². The zero-order valence-electron chi connectivity index (χ0n) is 20.1. The maximum absolute atomic E-state index is 10.5. The van der Waals surface area contributed by atoms with Gasteiger partial charge in [-0.2, -0.15) is 0 Å². The summed E-state index contributed by atoms with van der Waals surface area (Å²) in [6.07, 6.45) is 12.9. The predicted molar refractivity (Wildman–Crippen MR) is 125 cm³/mol. The van der Waals surface area contributed by atoms with Gasteiger partial charge in [0.05, 0.1) is 18.8 Å². The molecule has 1 saturated carbocycles. The molecule has 2 rings (SSSR count). The third kappa shape index (κ3) is 7.78. The van der Waals surface area contributed by atoms with Crippen LogP contribution >= 0.6 is 0 Å². The minimum atomic E-state index is -0.379. The molecule has 4 heteroatoms. The maximum atomic E-state index is 10.5. The summed E-state index contributed by atoms with van der Waals surface area (Å²) in [5.41, 5.74) is 1.39. The first-order valence-corrected chi connectivity index (χ1v) is 12.4. The second kappa shape index (κ2) is 13.0. The Morgan fingerprint density at radius 1 is 1.17 bits per heavy atom. The lowest BCUT2D eigenvalue weighted by atomic mass is 9.89. The van der Waals surface area contributed by atoms with E-state index in [-0.39, 0.29) is 18.1 Å². The Morgan fingerprint density at radius 2 is 1.90 bits per heavy atom. The molecule has 0 unspecified atom stereocenters. The van der Waals surface area contributed by atoms with Gasteiger partial charge in [-0.05, 0) is 70.8 Å². The molecule has 0 bridgehead atoms. The quantitative estimate of drug-likeness (QED) is 0.308. The van der Waals surface area contributed by atoms with E-state index in [2.05, 4.69) is 51.7 Å². The van der Waals surface area contributed by atoms with Gasteiger partial charge in [0.1, 0.15) is 0 Å². The van der Waals surface area contributed by atoms with E-state index in [1.54, 1.807) is 0 Å². The van der Waals surface area contributed by atoms with Crippen LogP contribution in [0.25, 0.3) is 0 Å². The summed E-state index contributed by atoms with van der Waals surface area (Å²) in [4.78, 5) is 2.51. The Morgan fingerprint density at radius 3 is 2.57 bits per heavy atom. The minimum Gasteiger partial charge on any atom is -0.392 e. The molecule has 30 heavy (non-hydrogen) atoms. The number of nitrogens with zero attached hydrogens (tertiary/aromatic N) is 1. The first-order chi connectivity index (χ1) is 14.3. The van der Waals surface area contributed by atoms with Gasteiger partial charge < -0.3 is 14.9 Å². The first-order valence-electron chi connectivity index (χ1n) is 12.4. The smallest absolute Gasteiger partial charge is 0.0721 e. The van der Waals surface area contributed by atoms with Crippen molar-refractivity contribution in [1.29, 1.82) is 0 Å². The number of aliphatic hydroxyl groups excluding tert-OH is 2. The van der Waals surface area contributed by atoms with Gasteiger partial charge in [-0.3, -0.25) is 4.90 Å². The lowest BCUT2D eigenvalue weighted by molar-refractivity contribution is 0.115. The van der Waals surface area contributed by atoms with Crippen LogP contribution in [-0.2, 0) is 4.74 Å². The van der Waals surface area contributed by atoms with E-state index in [1.165, 1.54) is 18.4 Å². The van der Waals surface area contributed by atoms with Crippen molar-refractivity contribution >= 4 is 0 Å². The van der Waals surface area contributed by atoms with Crippen molar-refractivity contribution in [3.63, 3.8) is 0 Å². The summed E-state index contributed by atoms with van der Waals surface area (Å²) in [5.74, 6) is 1.09. The van der Waals surface area contributed by atoms with E-state index in [0.29, 0.717) is 23.9 Å². The normalized spacial score (nSPS) is 27.6. The van der Waals surface area contributed by atoms with Crippen LogP contribution < -0.4 is 0 Å². The highest BCUT2D eigenvalue weighted by Crippen LogP contribution is 2.47. The van der Waals surface area contributed by atoms with Crippen molar-refractivity contribution < 1.29 is 14.9 Å². The van der Waals surface area contributed by atoms with Crippen molar-refractivity contribution in [2.24, 2.45) is 17.8 Å². The van der Waals surface area contributed by atoms with Gasteiger partial charge in [0.2, 0.25) is 0 Å². The van der Waals surface area contributed by atoms with E-state index in [4.69, 9.17) is 4.74 Å². The summed E-state index contributed by atoms with van der Waals surface area (Å²) in [6, 6.07) is 1.15. The average Bonchev–Trinajstić information content (AvgIpc) is 3.18. The van der Waals surface area contributed by atoms with E-state index >= 15 is 0 Å². The number of aliphatic hydroxyl groups is 2. The molecule has 2 aliphatic carbocycles. The van der Waals surface area contributed by atoms with Crippen LogP contribution in [0.15, 0.2) is 23.8 Å². The topological polar surface area (TPSA) is 52.9 Å². The average molecular weight is 422 g/mol. The highest BCUT2D eigenvalue weighted by atomic mass is 16.5. The molecule has 0 aromatic rings. The molecule has 4 nitrogen and oxygen atoms in total. The number of hydrogen-bond donors (Lipinski definition) is 2. The summed E-state index contributed by atoms with van der Waals surface area (Å²) < 4.78 is 5.99. The molecule has 0 amide bonds. The van der Waals surface area contributed by atoms with E-state index in [9.17, 15) is 10.2 Å². The fourth-order valence-electron chi connectivity index (χ4n) is 5.33. The maximum Gasteiger partial charge on any atom is 0.0721 e. The van der Waals surface area contributed by atoms with Gasteiger partial charge in [-0.1, -0.05) is 44.4 Å². The lowest BCUT2D eigenvalue weighted by Gasteiger charge is -2.30. The largest absolute Gasteiger partial charge is 0.392 e. The van der Waals surface area contributed by atoms with Crippen molar-refractivity contribution in [3.8, 4) is 0 Å². The van der Waals surface area contributed by atoms with Crippen LogP contribution in [0, 0.1) is 17.8 Å². The van der Waals surface area contributed by atoms with Crippen LogP contribution in [0.1, 0.15) is 79.6 Å². The van der Waals surface area contributed by atoms with Crippen molar-refractivity contribution in [2.75, 3.05) is 19.8 Å². The number of fused-ring (bicyclic) bond motifs is 1. The van der Waals surface area contributed by atoms with Gasteiger partial charge in [-0.15, -0.1) is 0 Å². The number of hydrogen-bond acceptors (Lipinski definition) is 4. The highest BCUT2D eigenvalue weighted by Gasteiger charge is 2.43. The van der Waals surface area contributed by atoms with Gasteiger partial charge in [0.25, 0.3) is 0 Å². The Labute approximate surface area is 185 Å². The summed E-state index contributed by atoms with van der Waals surface area (Å²) in [5, 5.41) is 20.7. The zero-order valence-corrected chi connectivity index (χ0v) is 20.1. The second-order valence-electron chi connectivity index (χ2n) is 10.0. The number of rotatable bonds is 14. The second-order valence-corrected chi connectivity index (χ2v) is 10.0. The molecule has 0 aromatic carbocycles. The third-order valence-electron chi connectivity index (χ3n) is 6.93. The SMILES string of the molecule is CCCCC[C@H](O)/C=C/[C@@H]1[C@H]2CC(COCCCN(C(C)C)C(C)C)=C[C@H]2C[C@H]1O. The molecule has 0 aromatic heterocycles. The highest BCUT2D eigenvalue weighted by molar-refractivity contribution is 5.21. The molecule has 0 heterocycles. The molecule has 0 radical (unpaired) electrons. The third-order valence-corrected chi connectivity index (χ3v) is 6.93. The minimum absolute atomic E-state index is 0.162. The van der Waals surface area contributed by atoms with Gasteiger partial charge >= 0.3 is 0 Å². The lowest BCUT2D eigenvalue weighted by Crippen LogP contribution is -2.38. The van der Waals surface area contributed by atoms with E-state index in [1.807, 2.05) is 6.08 Å². The molecule has 0 saturated heterocycles. The standard InChI is InChI=1S/C26H47NO3/c1-6-7-8-10-23(28)11-12-24-25-16-21(15-22(25)17-26(24)29)18-30-14-9-13-27(19(2)3)20(4)5/h11-12,15,19-20,22-26,28-29H,6-10,13-14,16-18H2,1-5H3/b12-11+/t22-,23-,24+,25-,26+/m0/s1. The molecule has 5 atom stereocenters. The Balaban J connectivity index is 1.72. The van der Waals surface area contributed by atoms with Gasteiger partial charge in [0, 0.05) is 31.2 Å². The van der Waals surface area contributed by atoms with Crippen LogP contribution in [0.3, 0.4) is 0 Å². The molecule has 0 aliphatic heterocycles.